The van der Waals surface area contributed by atoms with Gasteiger partial charge < -0.3 is 15.4 Å². The van der Waals surface area contributed by atoms with Gasteiger partial charge in [-0.3, -0.25) is 4.79 Å². The average molecular weight is 384 g/mol. The number of ether oxygens (including phenoxy) is 1. The van der Waals surface area contributed by atoms with Gasteiger partial charge in [-0.1, -0.05) is 18.2 Å². The van der Waals surface area contributed by atoms with Gasteiger partial charge in [-0.2, -0.15) is 0 Å². The van der Waals surface area contributed by atoms with Crippen molar-refractivity contribution in [3.63, 3.8) is 0 Å². The third-order valence-corrected chi connectivity index (χ3v) is 4.60. The molecule has 0 unspecified atom stereocenters. The third-order valence-electron chi connectivity index (χ3n) is 4.60. The Bertz CT molecular complexity index is 859. The van der Waals surface area contributed by atoms with Crippen LogP contribution in [0.5, 0.6) is 0 Å². The van der Waals surface area contributed by atoms with Gasteiger partial charge >= 0.3 is 5.97 Å². The quantitative estimate of drug-likeness (QED) is 0.786. The summed E-state index contributed by atoms with van der Waals surface area (Å²) >= 11 is 0. The van der Waals surface area contributed by atoms with Crippen LogP contribution in [-0.2, 0) is 9.53 Å². The van der Waals surface area contributed by atoms with Crippen molar-refractivity contribution in [2.24, 2.45) is 0 Å². The monoisotopic (exact) mass is 384 g/mol. The molecule has 2 atom stereocenters. The van der Waals surface area contributed by atoms with E-state index >= 15 is 0 Å². The van der Waals surface area contributed by atoms with Crippen molar-refractivity contribution in [2.45, 2.75) is 44.8 Å². The lowest BCUT2D eigenvalue weighted by atomic mass is 9.91. The summed E-state index contributed by atoms with van der Waals surface area (Å²) in [5.74, 6) is -1.16. The molecule has 1 fully saturated rings. The maximum absolute atomic E-state index is 14.1. The van der Waals surface area contributed by atoms with Gasteiger partial charge in [0.05, 0.1) is 11.6 Å². The molecule has 1 saturated heterocycles. The zero-order valence-electron chi connectivity index (χ0n) is 16.3. The van der Waals surface area contributed by atoms with E-state index in [1.165, 1.54) is 6.07 Å². The summed E-state index contributed by atoms with van der Waals surface area (Å²) in [6.45, 7) is 6.06. The van der Waals surface area contributed by atoms with Crippen LogP contribution in [0.4, 0.5) is 10.1 Å². The molecule has 1 amide bonds. The number of benzene rings is 2. The number of nitrogens with one attached hydrogen (secondary N) is 2. The van der Waals surface area contributed by atoms with Crippen LogP contribution in [0.2, 0.25) is 0 Å². The second kappa shape index (κ2) is 8.10. The minimum Gasteiger partial charge on any atom is -0.456 e. The molecule has 1 aliphatic heterocycles. The van der Waals surface area contributed by atoms with Crippen molar-refractivity contribution in [1.82, 2.24) is 5.32 Å². The lowest BCUT2D eigenvalue weighted by Gasteiger charge is -2.20. The number of rotatable bonds is 4. The van der Waals surface area contributed by atoms with E-state index in [4.69, 9.17) is 4.74 Å². The summed E-state index contributed by atoms with van der Waals surface area (Å²) in [5.41, 5.74) is 0.960. The third kappa shape index (κ3) is 4.75. The number of esters is 1. The Morgan fingerprint density at radius 2 is 1.79 bits per heavy atom. The van der Waals surface area contributed by atoms with Crippen LogP contribution in [-0.4, -0.2) is 30.1 Å². The Morgan fingerprint density at radius 3 is 2.43 bits per heavy atom. The highest BCUT2D eigenvalue weighted by atomic mass is 19.1. The molecule has 2 aromatic carbocycles. The van der Waals surface area contributed by atoms with E-state index in [0.717, 1.165) is 0 Å². The van der Waals surface area contributed by atoms with Crippen LogP contribution >= 0.6 is 0 Å². The fraction of sp³-hybridized carbons (Fsp3) is 0.364. The van der Waals surface area contributed by atoms with E-state index in [-0.39, 0.29) is 17.6 Å². The molecule has 6 heteroatoms. The summed E-state index contributed by atoms with van der Waals surface area (Å²) in [6.07, 6.45) is 0.691. The van der Waals surface area contributed by atoms with Crippen molar-refractivity contribution in [3.8, 4) is 0 Å². The predicted molar refractivity (Wildman–Crippen MR) is 106 cm³/mol. The van der Waals surface area contributed by atoms with E-state index in [2.05, 4.69) is 10.6 Å². The Hall–Kier alpha value is -2.73. The van der Waals surface area contributed by atoms with Gasteiger partial charge in [0.15, 0.2) is 0 Å². The van der Waals surface area contributed by atoms with E-state index < -0.39 is 17.6 Å². The number of carbonyl (C=O) groups is 2. The van der Waals surface area contributed by atoms with Crippen molar-refractivity contribution in [1.29, 1.82) is 0 Å². The van der Waals surface area contributed by atoms with Gasteiger partial charge in [0.1, 0.15) is 11.4 Å². The lowest BCUT2D eigenvalue weighted by molar-refractivity contribution is -0.118. The number of amides is 1. The van der Waals surface area contributed by atoms with Gasteiger partial charge in [0, 0.05) is 11.6 Å². The zero-order chi connectivity index (χ0) is 20.3. The second-order valence-corrected chi connectivity index (χ2v) is 7.92. The minimum absolute atomic E-state index is 0.220. The first-order chi connectivity index (χ1) is 13.2. The van der Waals surface area contributed by atoms with Crippen LogP contribution in [0.25, 0.3) is 0 Å². The van der Waals surface area contributed by atoms with Gasteiger partial charge in [0.2, 0.25) is 5.91 Å². The van der Waals surface area contributed by atoms with E-state index in [9.17, 15) is 14.0 Å². The molecule has 1 heterocycles. The molecule has 2 aromatic rings. The first kappa shape index (κ1) is 20.0. The highest BCUT2D eigenvalue weighted by Crippen LogP contribution is 2.30. The molecular formula is C22H25FN2O3. The molecular weight excluding hydrogens is 359 g/mol. The van der Waals surface area contributed by atoms with Crippen LogP contribution < -0.4 is 10.6 Å². The predicted octanol–water partition coefficient (Wildman–Crippen LogP) is 3.87. The van der Waals surface area contributed by atoms with E-state index in [0.29, 0.717) is 29.8 Å². The van der Waals surface area contributed by atoms with Gasteiger partial charge in [-0.15, -0.1) is 0 Å². The summed E-state index contributed by atoms with van der Waals surface area (Å²) < 4.78 is 19.5. The zero-order valence-corrected chi connectivity index (χ0v) is 16.3. The van der Waals surface area contributed by atoms with E-state index in [1.807, 2.05) is 0 Å². The average Bonchev–Trinajstić information content (AvgIpc) is 3.11. The van der Waals surface area contributed by atoms with E-state index in [1.54, 1.807) is 63.2 Å². The smallest absolute Gasteiger partial charge is 0.338 e. The molecule has 2 N–H and O–H groups in total. The number of anilines is 1. The minimum atomic E-state index is -0.570. The second-order valence-electron chi connectivity index (χ2n) is 7.92. The molecule has 0 saturated carbocycles. The van der Waals surface area contributed by atoms with Crippen LogP contribution in [0.3, 0.4) is 0 Å². The maximum Gasteiger partial charge on any atom is 0.338 e. The van der Waals surface area contributed by atoms with Crippen molar-refractivity contribution < 1.29 is 18.7 Å². The summed E-state index contributed by atoms with van der Waals surface area (Å²) in [7, 11) is 0. The SMILES string of the molecule is CC(C)(C)OC(=O)c1ccc(NC(=O)[C@H]2NCC[C@@H]2c2ccccc2F)cc1. The Labute approximate surface area is 164 Å². The first-order valence-corrected chi connectivity index (χ1v) is 9.37. The molecule has 28 heavy (non-hydrogen) atoms. The molecule has 1 aliphatic rings. The van der Waals surface area contributed by atoms with Gasteiger partial charge in [-0.05, 0) is 69.6 Å². The molecule has 3 rings (SSSR count). The summed E-state index contributed by atoms with van der Waals surface area (Å²) in [5, 5.41) is 6.00. The number of carbonyl (C=O) groups excluding carboxylic acids is 2. The lowest BCUT2D eigenvalue weighted by Crippen LogP contribution is -2.39. The number of halogens is 1. The topological polar surface area (TPSA) is 67.4 Å². The summed E-state index contributed by atoms with van der Waals surface area (Å²) in [4.78, 5) is 24.8. The molecule has 0 spiro atoms. The molecule has 0 aliphatic carbocycles. The van der Waals surface area contributed by atoms with Crippen molar-refractivity contribution >= 4 is 17.6 Å². The van der Waals surface area contributed by atoms with Crippen molar-refractivity contribution in [2.75, 3.05) is 11.9 Å². The molecule has 0 aromatic heterocycles. The Balaban J connectivity index is 1.67. The largest absolute Gasteiger partial charge is 0.456 e. The Kier molecular flexibility index (Phi) is 5.79. The molecule has 0 radical (unpaired) electrons. The van der Waals surface area contributed by atoms with Crippen LogP contribution in [0.15, 0.2) is 48.5 Å². The number of hydrogen-bond donors (Lipinski definition) is 2. The summed E-state index contributed by atoms with van der Waals surface area (Å²) in [6, 6.07) is 12.6. The van der Waals surface area contributed by atoms with Crippen LogP contribution in [0.1, 0.15) is 49.0 Å². The molecule has 5 nitrogen and oxygen atoms in total. The highest BCUT2D eigenvalue weighted by Gasteiger charge is 2.35. The van der Waals surface area contributed by atoms with Crippen molar-refractivity contribution in [3.05, 3.63) is 65.5 Å². The fourth-order valence-electron chi connectivity index (χ4n) is 3.34. The molecule has 148 valence electrons. The standard InChI is InChI=1S/C22H25FN2O3/c1-22(2,3)28-21(27)14-8-10-15(11-9-14)25-20(26)19-17(12-13-24-19)16-6-4-5-7-18(16)23/h4-11,17,19,24H,12-13H2,1-3H3,(H,25,26)/t17-,19+/m1/s1. The maximum atomic E-state index is 14.1. The van der Waals surface area contributed by atoms with Crippen LogP contribution in [0, 0.1) is 5.82 Å². The normalized spacial score (nSPS) is 19.3. The number of hydrogen-bond acceptors (Lipinski definition) is 4. The van der Waals surface area contributed by atoms with Gasteiger partial charge in [-0.25, -0.2) is 9.18 Å². The van der Waals surface area contributed by atoms with Gasteiger partial charge in [0.25, 0.3) is 0 Å². The molecule has 0 bridgehead atoms. The Morgan fingerprint density at radius 1 is 1.11 bits per heavy atom. The first-order valence-electron chi connectivity index (χ1n) is 9.37. The highest BCUT2D eigenvalue weighted by molar-refractivity contribution is 5.96. The fourth-order valence-corrected chi connectivity index (χ4v) is 3.34.